The topological polar surface area (TPSA) is 65.8 Å². The van der Waals surface area contributed by atoms with E-state index < -0.39 is 6.10 Å². The van der Waals surface area contributed by atoms with Crippen LogP contribution in [-0.4, -0.2) is 79.8 Å². The Morgan fingerprint density at radius 3 is 2.70 bits per heavy atom. The lowest BCUT2D eigenvalue weighted by atomic mass is 10.0. The summed E-state index contributed by atoms with van der Waals surface area (Å²) in [4.78, 5) is 6.21. The second-order valence-corrected chi connectivity index (χ2v) is 8.78. The minimum Gasteiger partial charge on any atom is -0.387 e. The molecule has 0 fully saturated rings. The van der Waals surface area contributed by atoms with Crippen LogP contribution in [0.25, 0.3) is 5.70 Å². The van der Waals surface area contributed by atoms with Crippen LogP contribution in [0.1, 0.15) is 11.1 Å². The van der Waals surface area contributed by atoms with Crippen LogP contribution in [-0.2, 0) is 6.42 Å². The molecule has 0 saturated carbocycles. The first-order chi connectivity index (χ1) is 15.9. The Morgan fingerprint density at radius 1 is 1.27 bits per heavy atom. The molecule has 2 heterocycles. The van der Waals surface area contributed by atoms with Crippen LogP contribution in [0, 0.1) is 11.3 Å². The molecule has 0 radical (unpaired) electrons. The highest BCUT2D eigenvalue weighted by atomic mass is 16.3. The summed E-state index contributed by atoms with van der Waals surface area (Å²) >= 11 is 0. The van der Waals surface area contributed by atoms with E-state index in [9.17, 15) is 5.11 Å². The van der Waals surface area contributed by atoms with Gasteiger partial charge in [-0.2, -0.15) is 5.26 Å². The fourth-order valence-electron chi connectivity index (χ4n) is 3.96. The molecule has 0 aliphatic carbocycles. The maximum absolute atomic E-state index is 10.4. The highest BCUT2D eigenvalue weighted by molar-refractivity contribution is 5.62. The van der Waals surface area contributed by atoms with Crippen molar-refractivity contribution in [3.8, 4) is 6.07 Å². The predicted molar refractivity (Wildman–Crippen MR) is 135 cm³/mol. The van der Waals surface area contributed by atoms with Gasteiger partial charge >= 0.3 is 0 Å². The van der Waals surface area contributed by atoms with Gasteiger partial charge in [0.1, 0.15) is 11.8 Å². The molecule has 2 aliphatic heterocycles. The smallest absolute Gasteiger partial charge is 0.117 e. The summed E-state index contributed by atoms with van der Waals surface area (Å²) < 4.78 is 0. The lowest BCUT2D eigenvalue weighted by molar-refractivity contribution is 0.197. The van der Waals surface area contributed by atoms with E-state index in [0.29, 0.717) is 18.8 Å². The van der Waals surface area contributed by atoms with Crippen LogP contribution in [0.2, 0.25) is 0 Å². The maximum Gasteiger partial charge on any atom is 0.117 e. The Balaban J connectivity index is 1.43. The number of benzene rings is 1. The standard InChI is InChI=1S/C27H35N5O/c1-21(31(3)19-23-6-5-15-30(2)18-23)24-9-7-22(8-10-24)13-14-29-17-27(33)25-11-12-26(16-28)32(4)20-25/h5-12,18,27,29,33H,1,13-15,17,19-20H2,2-4H3. The third-order valence-corrected chi connectivity index (χ3v) is 6.04. The van der Waals surface area contributed by atoms with Gasteiger partial charge in [-0.1, -0.05) is 49.1 Å². The first-order valence-corrected chi connectivity index (χ1v) is 11.3. The van der Waals surface area contributed by atoms with Gasteiger partial charge in [0.15, 0.2) is 0 Å². The molecule has 0 aromatic heterocycles. The number of hydrogen-bond donors (Lipinski definition) is 2. The molecule has 0 bridgehead atoms. The summed E-state index contributed by atoms with van der Waals surface area (Å²) in [6, 6.07) is 10.7. The molecule has 0 spiro atoms. The van der Waals surface area contributed by atoms with Gasteiger partial charge < -0.3 is 25.1 Å². The van der Waals surface area contributed by atoms with E-state index in [0.717, 1.165) is 42.9 Å². The lowest BCUT2D eigenvalue weighted by Crippen LogP contribution is -2.34. The van der Waals surface area contributed by atoms with Gasteiger partial charge in [-0.3, -0.25) is 0 Å². The van der Waals surface area contributed by atoms with Crippen molar-refractivity contribution in [1.29, 1.82) is 5.26 Å². The van der Waals surface area contributed by atoms with E-state index in [1.165, 1.54) is 11.1 Å². The average molecular weight is 446 g/mol. The molecule has 1 aromatic rings. The molecule has 1 unspecified atom stereocenters. The van der Waals surface area contributed by atoms with Gasteiger partial charge in [0, 0.05) is 59.2 Å². The van der Waals surface area contributed by atoms with Crippen LogP contribution in [0.5, 0.6) is 0 Å². The van der Waals surface area contributed by atoms with Gasteiger partial charge in [-0.15, -0.1) is 0 Å². The number of rotatable bonds is 10. The Labute approximate surface area is 198 Å². The van der Waals surface area contributed by atoms with Crippen LogP contribution in [0.15, 0.2) is 78.2 Å². The van der Waals surface area contributed by atoms with Crippen molar-refractivity contribution in [3.05, 3.63) is 89.3 Å². The van der Waals surface area contributed by atoms with Gasteiger partial charge in [-0.05, 0) is 41.3 Å². The van der Waals surface area contributed by atoms with E-state index in [4.69, 9.17) is 5.26 Å². The molecule has 2 aliphatic rings. The van der Waals surface area contributed by atoms with Gasteiger partial charge in [0.25, 0.3) is 0 Å². The van der Waals surface area contributed by atoms with E-state index in [-0.39, 0.29) is 0 Å². The normalized spacial score (nSPS) is 16.5. The monoisotopic (exact) mass is 445 g/mol. The SMILES string of the molecule is C=C(c1ccc(CCNCC(O)C2=CC=C(C#N)N(C)C2)cc1)N(C)CC1=CN(C)CC=C1. The Hall–Kier alpha value is -3.27. The van der Waals surface area contributed by atoms with E-state index in [1.54, 1.807) is 6.08 Å². The van der Waals surface area contributed by atoms with Crippen molar-refractivity contribution in [2.45, 2.75) is 12.5 Å². The maximum atomic E-state index is 10.4. The number of nitriles is 1. The number of likely N-dealkylation sites (N-methyl/N-ethyl adjacent to an activating group) is 3. The third kappa shape index (κ3) is 6.85. The van der Waals surface area contributed by atoms with Crippen molar-refractivity contribution in [2.24, 2.45) is 0 Å². The molecule has 6 heteroatoms. The first-order valence-electron chi connectivity index (χ1n) is 11.3. The number of nitrogens with zero attached hydrogens (tertiary/aromatic N) is 4. The second-order valence-electron chi connectivity index (χ2n) is 8.78. The third-order valence-electron chi connectivity index (χ3n) is 6.04. The number of aliphatic hydroxyl groups is 1. The summed E-state index contributed by atoms with van der Waals surface area (Å²) in [6.07, 6.45) is 10.5. The highest BCUT2D eigenvalue weighted by Crippen LogP contribution is 2.19. The molecule has 174 valence electrons. The van der Waals surface area contributed by atoms with Crippen LogP contribution in [0.3, 0.4) is 0 Å². The van der Waals surface area contributed by atoms with Gasteiger partial charge in [0.2, 0.25) is 0 Å². The van der Waals surface area contributed by atoms with Gasteiger partial charge in [0.05, 0.1) is 6.10 Å². The zero-order valence-corrected chi connectivity index (χ0v) is 20.0. The van der Waals surface area contributed by atoms with Crippen molar-refractivity contribution < 1.29 is 5.11 Å². The molecule has 33 heavy (non-hydrogen) atoms. The number of aliphatic hydroxyl groups excluding tert-OH is 1. The largest absolute Gasteiger partial charge is 0.387 e. The van der Waals surface area contributed by atoms with Crippen molar-refractivity contribution in [1.82, 2.24) is 20.0 Å². The summed E-state index contributed by atoms with van der Waals surface area (Å²) in [5.74, 6) is 0. The zero-order valence-electron chi connectivity index (χ0n) is 20.0. The molecule has 0 amide bonds. The van der Waals surface area contributed by atoms with Crippen molar-refractivity contribution in [3.63, 3.8) is 0 Å². The highest BCUT2D eigenvalue weighted by Gasteiger charge is 2.17. The molecule has 3 rings (SSSR count). The summed E-state index contributed by atoms with van der Waals surface area (Å²) in [5, 5.41) is 22.8. The minimum atomic E-state index is -0.556. The number of allylic oxidation sites excluding steroid dienone is 3. The summed E-state index contributed by atoms with van der Waals surface area (Å²) in [5.41, 5.74) is 6.18. The first kappa shape index (κ1) is 24.4. The Bertz CT molecular complexity index is 996. The molecular formula is C27H35N5O. The fraction of sp³-hybridized carbons (Fsp3) is 0.370. The zero-order chi connectivity index (χ0) is 23.8. The quantitative estimate of drug-likeness (QED) is 0.540. The van der Waals surface area contributed by atoms with E-state index in [1.807, 2.05) is 18.0 Å². The van der Waals surface area contributed by atoms with Crippen LogP contribution in [0.4, 0.5) is 0 Å². The van der Waals surface area contributed by atoms with Crippen LogP contribution < -0.4 is 5.32 Å². The second kappa shape index (κ2) is 11.6. The molecule has 1 atom stereocenters. The van der Waals surface area contributed by atoms with Gasteiger partial charge in [-0.25, -0.2) is 0 Å². The average Bonchev–Trinajstić information content (AvgIpc) is 2.81. The van der Waals surface area contributed by atoms with E-state index >= 15 is 0 Å². The Kier molecular flexibility index (Phi) is 8.53. The summed E-state index contributed by atoms with van der Waals surface area (Å²) in [7, 11) is 6.02. The van der Waals surface area contributed by atoms with Crippen LogP contribution >= 0.6 is 0 Å². The minimum absolute atomic E-state index is 0.495. The van der Waals surface area contributed by atoms with Crippen molar-refractivity contribution >= 4 is 5.70 Å². The molecule has 6 nitrogen and oxygen atoms in total. The number of hydrogen-bond acceptors (Lipinski definition) is 6. The summed E-state index contributed by atoms with van der Waals surface area (Å²) in [6.45, 7) is 7.92. The molecule has 1 aromatic carbocycles. The number of nitrogens with one attached hydrogen (secondary N) is 1. The molecule has 0 saturated heterocycles. The predicted octanol–water partition coefficient (Wildman–Crippen LogP) is 2.75. The van der Waals surface area contributed by atoms with Crippen molar-refractivity contribution in [2.75, 3.05) is 53.9 Å². The Morgan fingerprint density at radius 2 is 2.03 bits per heavy atom. The lowest BCUT2D eigenvalue weighted by Gasteiger charge is -2.26. The fourth-order valence-corrected chi connectivity index (χ4v) is 3.96. The van der Waals surface area contributed by atoms with E-state index in [2.05, 4.69) is 84.5 Å². The molecule has 2 N–H and O–H groups in total. The molecular weight excluding hydrogens is 410 g/mol.